The minimum Gasteiger partial charge on any atom is -0.493 e. The van der Waals surface area contributed by atoms with E-state index in [1.807, 2.05) is 26.0 Å². The fourth-order valence-corrected chi connectivity index (χ4v) is 2.54. The van der Waals surface area contributed by atoms with Gasteiger partial charge in [0.25, 0.3) is 0 Å². The van der Waals surface area contributed by atoms with E-state index in [0.717, 1.165) is 22.8 Å². The van der Waals surface area contributed by atoms with Crippen LogP contribution < -0.4 is 4.74 Å². The zero-order valence-corrected chi connectivity index (χ0v) is 13.9. The number of benzene rings is 2. The third-order valence-corrected chi connectivity index (χ3v) is 3.69. The molecule has 2 aromatic carbocycles. The Morgan fingerprint density at radius 1 is 1.04 bits per heavy atom. The molecular formula is C19H22F2O2. The molecular weight excluding hydrogens is 298 g/mol. The second-order valence-corrected chi connectivity index (χ2v) is 6.47. The maximum absolute atomic E-state index is 14.0. The van der Waals surface area contributed by atoms with Gasteiger partial charge in [-0.2, -0.15) is 0 Å². The molecule has 0 saturated heterocycles. The number of halogens is 2. The Kier molecular flexibility index (Phi) is 5.05. The van der Waals surface area contributed by atoms with Gasteiger partial charge in [0.1, 0.15) is 17.4 Å². The molecule has 0 aliphatic carbocycles. The van der Waals surface area contributed by atoms with Gasteiger partial charge in [0.15, 0.2) is 0 Å². The smallest absolute Gasteiger partial charge is 0.133 e. The average molecular weight is 320 g/mol. The molecule has 1 N–H and O–H groups in total. The third-order valence-electron chi connectivity index (χ3n) is 3.69. The molecule has 0 aromatic heterocycles. The normalized spacial score (nSPS) is 11.6. The molecule has 0 spiro atoms. The second-order valence-electron chi connectivity index (χ2n) is 6.47. The van der Waals surface area contributed by atoms with E-state index in [-0.39, 0.29) is 0 Å². The summed E-state index contributed by atoms with van der Waals surface area (Å²) in [5.41, 5.74) is 2.06. The van der Waals surface area contributed by atoms with E-state index in [9.17, 15) is 13.9 Å². The third kappa shape index (κ3) is 4.52. The minimum atomic E-state index is -0.777. The molecule has 0 heterocycles. The molecule has 2 rings (SSSR count). The number of ether oxygens (including phenoxy) is 1. The van der Waals surface area contributed by atoms with Crippen molar-refractivity contribution in [2.45, 2.75) is 39.7 Å². The van der Waals surface area contributed by atoms with Crippen LogP contribution >= 0.6 is 0 Å². The Labute approximate surface area is 135 Å². The predicted molar refractivity (Wildman–Crippen MR) is 87.7 cm³/mol. The summed E-state index contributed by atoms with van der Waals surface area (Å²) >= 11 is 0. The molecule has 0 aliphatic rings. The topological polar surface area (TPSA) is 29.5 Å². The summed E-state index contributed by atoms with van der Waals surface area (Å²) < 4.78 is 32.8. The first kappa shape index (κ1) is 17.4. The number of rotatable bonds is 5. The molecule has 0 aliphatic heterocycles. The lowest BCUT2D eigenvalue weighted by Gasteiger charge is -2.18. The van der Waals surface area contributed by atoms with Crippen LogP contribution in [0.15, 0.2) is 30.3 Å². The Hall–Kier alpha value is -1.94. The zero-order chi connectivity index (χ0) is 17.2. The summed E-state index contributed by atoms with van der Waals surface area (Å²) in [6, 6.07) is 7.26. The molecule has 2 aromatic rings. The summed E-state index contributed by atoms with van der Waals surface area (Å²) in [4.78, 5) is 0. The molecule has 0 atom stereocenters. The monoisotopic (exact) mass is 320 g/mol. The second kappa shape index (κ2) is 6.67. The maximum Gasteiger partial charge on any atom is 0.133 e. The summed E-state index contributed by atoms with van der Waals surface area (Å²) in [6.45, 7) is 7.59. The lowest BCUT2D eigenvalue weighted by Crippen LogP contribution is -2.21. The Morgan fingerprint density at radius 2 is 1.65 bits per heavy atom. The highest BCUT2D eigenvalue weighted by Gasteiger charge is 2.15. The molecule has 0 saturated carbocycles. The molecule has 0 amide bonds. The van der Waals surface area contributed by atoms with Crippen molar-refractivity contribution in [2.75, 3.05) is 6.61 Å². The van der Waals surface area contributed by atoms with E-state index >= 15 is 0 Å². The van der Waals surface area contributed by atoms with Gasteiger partial charge >= 0.3 is 0 Å². The lowest BCUT2D eigenvalue weighted by molar-refractivity contribution is 0.0553. The summed E-state index contributed by atoms with van der Waals surface area (Å²) in [5.74, 6) is -0.490. The van der Waals surface area contributed by atoms with Crippen LogP contribution in [-0.4, -0.2) is 17.3 Å². The van der Waals surface area contributed by atoms with Gasteiger partial charge < -0.3 is 9.84 Å². The van der Waals surface area contributed by atoms with E-state index in [2.05, 4.69) is 0 Å². The van der Waals surface area contributed by atoms with Gasteiger partial charge in [0, 0.05) is 18.1 Å². The highest BCUT2D eigenvalue weighted by Crippen LogP contribution is 2.33. The molecule has 0 radical (unpaired) electrons. The molecule has 2 nitrogen and oxygen atoms in total. The summed E-state index contributed by atoms with van der Waals surface area (Å²) in [6.07, 6.45) is 0.513. The SMILES string of the molecule is Cc1cc(OCCC(C)(C)O)cc(C)c1-c1ccc(F)cc1F. The van der Waals surface area contributed by atoms with Gasteiger partial charge in [-0.1, -0.05) is 0 Å². The van der Waals surface area contributed by atoms with E-state index in [1.54, 1.807) is 13.8 Å². The van der Waals surface area contributed by atoms with Crippen molar-refractivity contribution in [1.82, 2.24) is 0 Å². The van der Waals surface area contributed by atoms with E-state index in [1.165, 1.54) is 12.1 Å². The van der Waals surface area contributed by atoms with Crippen molar-refractivity contribution in [3.05, 3.63) is 53.1 Å². The van der Waals surface area contributed by atoms with E-state index < -0.39 is 17.2 Å². The van der Waals surface area contributed by atoms with Crippen LogP contribution in [0.1, 0.15) is 31.4 Å². The quantitative estimate of drug-likeness (QED) is 0.858. The largest absolute Gasteiger partial charge is 0.493 e. The van der Waals surface area contributed by atoms with Gasteiger partial charge in [-0.05, 0) is 68.7 Å². The van der Waals surface area contributed by atoms with Gasteiger partial charge in [-0.15, -0.1) is 0 Å². The molecule has 0 bridgehead atoms. The molecule has 23 heavy (non-hydrogen) atoms. The molecule has 124 valence electrons. The van der Waals surface area contributed by atoms with Crippen molar-refractivity contribution in [2.24, 2.45) is 0 Å². The average Bonchev–Trinajstić information content (AvgIpc) is 2.39. The number of hydrogen-bond acceptors (Lipinski definition) is 2. The summed E-state index contributed by atoms with van der Waals surface area (Å²) in [5, 5.41) is 9.70. The van der Waals surface area contributed by atoms with Gasteiger partial charge in [-0.25, -0.2) is 8.78 Å². The van der Waals surface area contributed by atoms with Gasteiger partial charge in [0.05, 0.1) is 12.2 Å². The lowest BCUT2D eigenvalue weighted by atomic mass is 9.95. The standard InChI is InChI=1S/C19H22F2O2/c1-12-9-15(23-8-7-19(3,4)22)10-13(2)18(12)16-6-5-14(20)11-17(16)21/h5-6,9-11,22H,7-8H2,1-4H3. The van der Waals surface area contributed by atoms with Gasteiger partial charge in [-0.3, -0.25) is 0 Å². The molecule has 0 unspecified atom stereocenters. The Bertz CT molecular complexity index is 680. The first-order valence-corrected chi connectivity index (χ1v) is 7.59. The van der Waals surface area contributed by atoms with Crippen molar-refractivity contribution in [1.29, 1.82) is 0 Å². The Balaban J connectivity index is 2.27. The van der Waals surface area contributed by atoms with Crippen molar-refractivity contribution in [3.8, 4) is 16.9 Å². The zero-order valence-electron chi connectivity index (χ0n) is 13.9. The summed E-state index contributed by atoms with van der Waals surface area (Å²) in [7, 11) is 0. The number of aryl methyl sites for hydroxylation is 2. The maximum atomic E-state index is 14.0. The van der Waals surface area contributed by atoms with Crippen molar-refractivity contribution in [3.63, 3.8) is 0 Å². The number of hydrogen-bond donors (Lipinski definition) is 1. The van der Waals surface area contributed by atoms with Crippen molar-refractivity contribution < 1.29 is 18.6 Å². The highest BCUT2D eigenvalue weighted by molar-refractivity contribution is 5.72. The fourth-order valence-electron chi connectivity index (χ4n) is 2.54. The first-order chi connectivity index (χ1) is 10.7. The fraction of sp³-hybridized carbons (Fsp3) is 0.368. The van der Waals surface area contributed by atoms with Crippen LogP contribution in [0, 0.1) is 25.5 Å². The van der Waals surface area contributed by atoms with Crippen LogP contribution in [0.4, 0.5) is 8.78 Å². The van der Waals surface area contributed by atoms with Crippen LogP contribution in [0.5, 0.6) is 5.75 Å². The van der Waals surface area contributed by atoms with Crippen LogP contribution in [0.25, 0.3) is 11.1 Å². The molecule has 4 heteroatoms. The van der Waals surface area contributed by atoms with E-state index in [4.69, 9.17) is 4.74 Å². The van der Waals surface area contributed by atoms with E-state index in [0.29, 0.717) is 24.3 Å². The predicted octanol–water partition coefficient (Wildman–Crippen LogP) is 4.79. The van der Waals surface area contributed by atoms with Crippen LogP contribution in [0.2, 0.25) is 0 Å². The van der Waals surface area contributed by atoms with Crippen LogP contribution in [0.3, 0.4) is 0 Å². The first-order valence-electron chi connectivity index (χ1n) is 7.59. The minimum absolute atomic E-state index is 0.379. The van der Waals surface area contributed by atoms with Gasteiger partial charge in [0.2, 0.25) is 0 Å². The van der Waals surface area contributed by atoms with Crippen LogP contribution in [-0.2, 0) is 0 Å². The number of aliphatic hydroxyl groups is 1. The molecule has 0 fully saturated rings. The highest BCUT2D eigenvalue weighted by atomic mass is 19.1. The Morgan fingerprint density at radius 3 is 2.17 bits per heavy atom. The van der Waals surface area contributed by atoms with Crippen molar-refractivity contribution >= 4 is 0 Å².